The van der Waals surface area contributed by atoms with Crippen LogP contribution < -0.4 is 66.8 Å². The third-order valence-electron chi connectivity index (χ3n) is 17.7. The van der Waals surface area contributed by atoms with Gasteiger partial charge >= 0.3 is 0 Å². The second-order valence-corrected chi connectivity index (χ2v) is 23.7. The summed E-state index contributed by atoms with van der Waals surface area (Å²) in [5.41, 5.74) is 23.7. The van der Waals surface area contributed by atoms with Crippen LogP contribution >= 0.6 is 0 Å². The van der Waals surface area contributed by atoms with Gasteiger partial charge < -0.3 is 34.0 Å². The number of benzene rings is 12. The molecule has 7 nitrogen and oxygen atoms in total. The van der Waals surface area contributed by atoms with Crippen LogP contribution in [0.5, 0.6) is 23.0 Å². The molecule has 0 saturated carbocycles. The van der Waals surface area contributed by atoms with Crippen LogP contribution in [0.1, 0.15) is 26.3 Å². The molecule has 0 radical (unpaired) electrons. The van der Waals surface area contributed by atoms with Gasteiger partial charge in [-0.05, 0) is 166 Å². The Hall–Kier alpha value is -10.6. The van der Waals surface area contributed by atoms with E-state index in [1.54, 1.807) is 0 Å². The smallest absolute Gasteiger partial charge is 0.261 e. The standard InChI is InChI=1S/C76H55B2N5O2/c1-76(2,3)50-42-64-72-65(43-50)83(57-38-23-10-24-39-57)67-45-59(80(53-30-15-6-16-31-53)54-32-17-7-18-33-54)46-70-73(67)77(72)60-48-61-63(49-62(60)81(64)55-34-19-8-20-35-55)82(56-36-21-9-22-37-56)66-44-58(79(51-26-11-4-12-27-51)52-28-13-5-14-29-52)47-71-74(66)78(61)75-68(84-70)40-25-41-69(75)85-71/h4-49H,1-3H3. The van der Waals surface area contributed by atoms with Gasteiger partial charge in [0.05, 0.1) is 11.4 Å². The topological polar surface area (TPSA) is 34.7 Å². The van der Waals surface area contributed by atoms with Crippen molar-refractivity contribution >= 4 is 132 Å². The maximum absolute atomic E-state index is 8.00. The molecule has 0 fully saturated rings. The quantitative estimate of drug-likeness (QED) is 0.133. The van der Waals surface area contributed by atoms with Crippen LogP contribution in [0.15, 0.2) is 279 Å². The summed E-state index contributed by atoms with van der Waals surface area (Å²) in [7, 11) is 0. The zero-order valence-electron chi connectivity index (χ0n) is 47.3. The monoisotopic (exact) mass is 1090 g/mol. The Morgan fingerprint density at radius 1 is 0.282 bits per heavy atom. The van der Waals surface area contributed by atoms with Gasteiger partial charge in [0.25, 0.3) is 13.4 Å². The second-order valence-electron chi connectivity index (χ2n) is 23.7. The lowest BCUT2D eigenvalue weighted by atomic mass is 9.30. The lowest BCUT2D eigenvalue weighted by Crippen LogP contribution is -2.65. The number of rotatable bonds is 9. The molecule has 5 aliphatic heterocycles. The van der Waals surface area contributed by atoms with E-state index in [4.69, 9.17) is 9.47 Å². The van der Waals surface area contributed by atoms with Crippen LogP contribution in [-0.4, -0.2) is 13.4 Å². The largest absolute Gasteiger partial charge is 0.458 e. The van der Waals surface area contributed by atoms with E-state index in [2.05, 4.69) is 324 Å². The van der Waals surface area contributed by atoms with Gasteiger partial charge in [0.15, 0.2) is 0 Å². The molecule has 17 rings (SSSR count). The summed E-state index contributed by atoms with van der Waals surface area (Å²) in [6.45, 7) is 6.44. The summed E-state index contributed by atoms with van der Waals surface area (Å²) in [4.78, 5) is 12.3. The van der Waals surface area contributed by atoms with Gasteiger partial charge in [-0.1, -0.05) is 160 Å². The molecular formula is C76H55B2N5O2. The highest BCUT2D eigenvalue weighted by atomic mass is 16.5. The Kier molecular flexibility index (Phi) is 10.9. The fourth-order valence-corrected chi connectivity index (χ4v) is 14.0. The number of nitrogens with zero attached hydrogens (tertiary/aromatic N) is 5. The zero-order chi connectivity index (χ0) is 56.5. The summed E-state index contributed by atoms with van der Waals surface area (Å²) < 4.78 is 15.5. The van der Waals surface area contributed by atoms with Crippen molar-refractivity contribution in [2.45, 2.75) is 26.2 Å². The first-order valence-corrected chi connectivity index (χ1v) is 29.4. The molecule has 12 aromatic rings. The Morgan fingerprint density at radius 3 is 0.976 bits per heavy atom. The van der Waals surface area contributed by atoms with Crippen molar-refractivity contribution in [3.05, 3.63) is 285 Å². The molecule has 0 amide bonds. The molecule has 0 aliphatic carbocycles. The Labute approximate surface area is 496 Å². The molecule has 2 bridgehead atoms. The average Bonchev–Trinajstić information content (AvgIpc) is 0.925. The molecule has 85 heavy (non-hydrogen) atoms. The number of hydrogen-bond acceptors (Lipinski definition) is 7. The van der Waals surface area contributed by atoms with E-state index < -0.39 is 0 Å². The molecule has 0 unspecified atom stereocenters. The van der Waals surface area contributed by atoms with E-state index >= 15 is 0 Å². The highest BCUT2D eigenvalue weighted by molar-refractivity contribution is 7.03. The van der Waals surface area contributed by atoms with E-state index in [0.29, 0.717) is 0 Å². The fourth-order valence-electron chi connectivity index (χ4n) is 14.0. The van der Waals surface area contributed by atoms with E-state index in [0.717, 1.165) is 125 Å². The molecule has 5 heterocycles. The molecule has 0 saturated heterocycles. The zero-order valence-corrected chi connectivity index (χ0v) is 47.3. The van der Waals surface area contributed by atoms with E-state index in [1.165, 1.54) is 22.0 Å². The lowest BCUT2D eigenvalue weighted by Gasteiger charge is -2.48. The van der Waals surface area contributed by atoms with Crippen LogP contribution in [0.4, 0.5) is 85.3 Å². The van der Waals surface area contributed by atoms with Crippen molar-refractivity contribution in [1.82, 2.24) is 0 Å². The second kappa shape index (κ2) is 19.0. The Balaban J connectivity index is 1.03. The van der Waals surface area contributed by atoms with Crippen molar-refractivity contribution < 1.29 is 9.47 Å². The number of hydrogen-bond donors (Lipinski definition) is 0. The van der Waals surface area contributed by atoms with E-state index in [9.17, 15) is 0 Å². The molecule has 0 spiro atoms. The van der Waals surface area contributed by atoms with Crippen LogP contribution in [0.25, 0.3) is 0 Å². The van der Waals surface area contributed by atoms with E-state index in [-0.39, 0.29) is 18.8 Å². The maximum atomic E-state index is 8.00. The first-order valence-electron chi connectivity index (χ1n) is 29.4. The minimum atomic E-state index is -0.297. The van der Waals surface area contributed by atoms with Crippen LogP contribution in [0.3, 0.4) is 0 Å². The average molecular weight is 1090 g/mol. The third-order valence-corrected chi connectivity index (χ3v) is 17.7. The fraction of sp³-hybridized carbons (Fsp3) is 0.0526. The predicted octanol–water partition coefficient (Wildman–Crippen LogP) is 16.5. The molecular weight excluding hydrogens is 1040 g/mol. The van der Waals surface area contributed by atoms with Crippen LogP contribution in [0, 0.1) is 0 Å². The van der Waals surface area contributed by atoms with Gasteiger partial charge in [-0.3, -0.25) is 0 Å². The maximum Gasteiger partial charge on any atom is 0.261 e. The molecule has 12 aromatic carbocycles. The Bertz CT molecular complexity index is 4530. The van der Waals surface area contributed by atoms with Crippen molar-refractivity contribution in [2.75, 3.05) is 24.5 Å². The number of anilines is 15. The van der Waals surface area contributed by atoms with Gasteiger partial charge in [0.2, 0.25) is 0 Å². The van der Waals surface area contributed by atoms with Crippen molar-refractivity contribution in [2.24, 2.45) is 0 Å². The predicted molar refractivity (Wildman–Crippen MR) is 354 cm³/mol. The van der Waals surface area contributed by atoms with Crippen LogP contribution in [-0.2, 0) is 5.41 Å². The van der Waals surface area contributed by atoms with Crippen molar-refractivity contribution in [1.29, 1.82) is 0 Å². The van der Waals surface area contributed by atoms with Gasteiger partial charge in [0, 0.05) is 91.5 Å². The van der Waals surface area contributed by atoms with Gasteiger partial charge in [-0.15, -0.1) is 0 Å². The third kappa shape index (κ3) is 7.63. The Morgan fingerprint density at radius 2 is 0.612 bits per heavy atom. The molecule has 0 aromatic heterocycles. The summed E-state index contributed by atoms with van der Waals surface area (Å²) in [5, 5.41) is 0. The first-order chi connectivity index (χ1) is 41.8. The van der Waals surface area contributed by atoms with Crippen molar-refractivity contribution in [3.63, 3.8) is 0 Å². The molecule has 0 N–H and O–H groups in total. The van der Waals surface area contributed by atoms with Gasteiger partial charge in [-0.25, -0.2) is 0 Å². The minimum absolute atomic E-state index is 0.225. The molecule has 5 aliphatic rings. The number of para-hydroxylation sites is 7. The first kappa shape index (κ1) is 49.0. The highest BCUT2D eigenvalue weighted by Crippen LogP contribution is 2.53. The lowest BCUT2D eigenvalue weighted by molar-refractivity contribution is 0.468. The normalized spacial score (nSPS) is 13.4. The van der Waals surface area contributed by atoms with Gasteiger partial charge in [0.1, 0.15) is 23.0 Å². The SMILES string of the molecule is CC(C)(C)c1cc2c3c(c1)N(c1ccccc1)c1cc(N(c4ccccc4)c4ccccc4)cc4c1B3c1cc3c(cc1N2c1ccccc1)N(c1ccccc1)c1cc(N(c2ccccc2)c2ccccc2)cc2c1B3c1c(cccc1O4)O2. The molecule has 9 heteroatoms. The minimum Gasteiger partial charge on any atom is -0.458 e. The molecule has 0 atom stereocenters. The van der Waals surface area contributed by atoms with Gasteiger partial charge in [-0.2, -0.15) is 0 Å². The van der Waals surface area contributed by atoms with E-state index in [1.807, 2.05) is 0 Å². The van der Waals surface area contributed by atoms with Crippen LogP contribution in [0.2, 0.25) is 0 Å². The molecule has 402 valence electrons. The highest BCUT2D eigenvalue weighted by Gasteiger charge is 2.51. The summed E-state index contributed by atoms with van der Waals surface area (Å²) in [6.07, 6.45) is 0. The summed E-state index contributed by atoms with van der Waals surface area (Å²) >= 11 is 0. The van der Waals surface area contributed by atoms with Crippen molar-refractivity contribution in [3.8, 4) is 23.0 Å². The summed E-state index contributed by atoms with van der Waals surface area (Å²) in [6, 6.07) is 101. The summed E-state index contributed by atoms with van der Waals surface area (Å²) in [5.74, 6) is 3.09. The number of ether oxygens (including phenoxy) is 2.